The van der Waals surface area contributed by atoms with E-state index in [0.29, 0.717) is 12.8 Å². The van der Waals surface area contributed by atoms with Gasteiger partial charge in [-0.2, -0.15) is 0 Å². The Kier molecular flexibility index (Phi) is 38.1. The molecule has 0 fully saturated rings. The standard InChI is InChI=1S/C43H81O8P/c1-3-5-7-9-11-13-15-17-18-19-20-21-22-23-24-26-28-30-32-34-36-38-43(45)51-41(40-50-52(46,47)48)39-49-42(44)37-35-33-31-29-27-25-16-14-12-10-8-6-4-2/h14,16,19-20,41H,3-13,15,17-18,21-40H2,1-2H3,(H2,46,47,48)/b16-14-,20-19-. The first-order chi connectivity index (χ1) is 25.3. The molecule has 0 aromatic heterocycles. The molecule has 8 nitrogen and oxygen atoms in total. The average molecular weight is 757 g/mol. The summed E-state index contributed by atoms with van der Waals surface area (Å²) in [5.41, 5.74) is 0. The smallest absolute Gasteiger partial charge is 0.462 e. The summed E-state index contributed by atoms with van der Waals surface area (Å²) < 4.78 is 26.4. The number of unbranched alkanes of at least 4 members (excludes halogenated alkanes) is 26. The summed E-state index contributed by atoms with van der Waals surface area (Å²) in [5.74, 6) is -0.891. The van der Waals surface area contributed by atoms with Gasteiger partial charge >= 0.3 is 19.8 Å². The fraction of sp³-hybridized carbons (Fsp3) is 0.860. The van der Waals surface area contributed by atoms with Crippen LogP contribution >= 0.6 is 7.82 Å². The van der Waals surface area contributed by atoms with Gasteiger partial charge in [-0.25, -0.2) is 4.57 Å². The number of carbonyl (C=O) groups is 2. The SMILES string of the molecule is CCCCCC/C=C\CCCCCCCC(=O)OCC(COP(=O)(O)O)OC(=O)CCCCCCCCCCC/C=C\CCCCCCCCCC. The van der Waals surface area contributed by atoms with Gasteiger partial charge in [0.05, 0.1) is 6.61 Å². The lowest BCUT2D eigenvalue weighted by Gasteiger charge is -2.18. The van der Waals surface area contributed by atoms with E-state index in [-0.39, 0.29) is 19.4 Å². The molecular weight excluding hydrogens is 675 g/mol. The zero-order chi connectivity index (χ0) is 38.2. The summed E-state index contributed by atoms with van der Waals surface area (Å²) in [7, 11) is -4.75. The van der Waals surface area contributed by atoms with E-state index in [4.69, 9.17) is 19.3 Å². The van der Waals surface area contributed by atoms with Crippen molar-refractivity contribution in [2.24, 2.45) is 0 Å². The number of esters is 2. The first-order valence-corrected chi connectivity index (χ1v) is 23.2. The second-order valence-electron chi connectivity index (χ2n) is 14.7. The normalized spacial score (nSPS) is 12.6. The van der Waals surface area contributed by atoms with Crippen LogP contribution in [0.2, 0.25) is 0 Å². The van der Waals surface area contributed by atoms with Crippen LogP contribution in [-0.2, 0) is 28.2 Å². The highest BCUT2D eigenvalue weighted by atomic mass is 31.2. The van der Waals surface area contributed by atoms with Crippen molar-refractivity contribution in [3.05, 3.63) is 24.3 Å². The molecule has 0 aliphatic carbocycles. The van der Waals surface area contributed by atoms with Gasteiger partial charge in [0.1, 0.15) is 6.61 Å². The zero-order valence-electron chi connectivity index (χ0n) is 33.7. The first kappa shape index (κ1) is 50.5. The lowest BCUT2D eigenvalue weighted by molar-refractivity contribution is -0.161. The topological polar surface area (TPSA) is 119 Å². The number of rotatable bonds is 40. The summed E-state index contributed by atoms with van der Waals surface area (Å²) in [6.45, 7) is 3.67. The van der Waals surface area contributed by atoms with Crippen molar-refractivity contribution in [3.63, 3.8) is 0 Å². The molecule has 0 spiro atoms. The molecule has 0 heterocycles. The molecule has 0 aliphatic rings. The highest BCUT2D eigenvalue weighted by molar-refractivity contribution is 7.46. The fourth-order valence-corrected chi connectivity index (χ4v) is 6.55. The maximum Gasteiger partial charge on any atom is 0.469 e. The molecule has 0 amide bonds. The Morgan fingerprint density at radius 3 is 1.19 bits per heavy atom. The largest absolute Gasteiger partial charge is 0.469 e. The fourth-order valence-electron chi connectivity index (χ4n) is 6.19. The number of hydrogen-bond donors (Lipinski definition) is 2. The van der Waals surface area contributed by atoms with E-state index in [1.165, 1.54) is 128 Å². The van der Waals surface area contributed by atoms with Crippen molar-refractivity contribution < 1.29 is 37.9 Å². The van der Waals surface area contributed by atoms with Crippen LogP contribution in [0.25, 0.3) is 0 Å². The van der Waals surface area contributed by atoms with Crippen molar-refractivity contribution in [1.82, 2.24) is 0 Å². The minimum atomic E-state index is -4.75. The third-order valence-electron chi connectivity index (χ3n) is 9.44. The van der Waals surface area contributed by atoms with Crippen LogP contribution in [-0.4, -0.2) is 41.0 Å². The van der Waals surface area contributed by atoms with E-state index in [9.17, 15) is 14.2 Å². The quantitative estimate of drug-likeness (QED) is 0.0274. The number of carbonyl (C=O) groups excluding carboxylic acids is 2. The van der Waals surface area contributed by atoms with E-state index in [1.54, 1.807) is 0 Å². The van der Waals surface area contributed by atoms with Gasteiger partial charge in [0.15, 0.2) is 6.10 Å². The first-order valence-electron chi connectivity index (χ1n) is 21.6. The Bertz CT molecular complexity index is 900. The predicted octanol–water partition coefficient (Wildman–Crippen LogP) is 13.2. The van der Waals surface area contributed by atoms with Crippen LogP contribution in [0.3, 0.4) is 0 Å². The van der Waals surface area contributed by atoms with Crippen LogP contribution in [0.15, 0.2) is 24.3 Å². The Hall–Kier alpha value is -1.47. The van der Waals surface area contributed by atoms with E-state index < -0.39 is 32.5 Å². The maximum absolute atomic E-state index is 12.4. The summed E-state index contributed by atoms with van der Waals surface area (Å²) >= 11 is 0. The van der Waals surface area contributed by atoms with Crippen LogP contribution in [0.1, 0.15) is 219 Å². The lowest BCUT2D eigenvalue weighted by atomic mass is 10.1. The molecule has 1 unspecified atom stereocenters. The van der Waals surface area contributed by atoms with E-state index in [2.05, 4.69) is 42.7 Å². The Balaban J connectivity index is 3.87. The van der Waals surface area contributed by atoms with Crippen molar-refractivity contribution in [2.75, 3.05) is 13.2 Å². The monoisotopic (exact) mass is 757 g/mol. The maximum atomic E-state index is 12.4. The minimum absolute atomic E-state index is 0.210. The number of hydrogen-bond acceptors (Lipinski definition) is 6. The van der Waals surface area contributed by atoms with Gasteiger partial charge in [0.2, 0.25) is 0 Å². The molecule has 0 bridgehead atoms. The van der Waals surface area contributed by atoms with Crippen molar-refractivity contribution in [3.8, 4) is 0 Å². The lowest BCUT2D eigenvalue weighted by Crippen LogP contribution is -2.29. The number of ether oxygens (including phenoxy) is 2. The summed E-state index contributed by atoms with van der Waals surface area (Å²) in [6.07, 6.45) is 44.7. The summed E-state index contributed by atoms with van der Waals surface area (Å²) in [6, 6.07) is 0. The van der Waals surface area contributed by atoms with E-state index >= 15 is 0 Å². The van der Waals surface area contributed by atoms with Crippen molar-refractivity contribution in [1.29, 1.82) is 0 Å². The molecule has 0 rings (SSSR count). The minimum Gasteiger partial charge on any atom is -0.462 e. The molecule has 52 heavy (non-hydrogen) atoms. The second-order valence-corrected chi connectivity index (χ2v) is 15.9. The predicted molar refractivity (Wildman–Crippen MR) is 216 cm³/mol. The third-order valence-corrected chi connectivity index (χ3v) is 9.93. The van der Waals surface area contributed by atoms with Gasteiger partial charge in [0, 0.05) is 12.8 Å². The summed E-state index contributed by atoms with van der Waals surface area (Å²) in [4.78, 5) is 42.8. The number of phosphoric acid groups is 1. The van der Waals surface area contributed by atoms with Gasteiger partial charge in [-0.1, -0.05) is 167 Å². The van der Waals surface area contributed by atoms with Crippen LogP contribution in [0.4, 0.5) is 0 Å². The molecule has 2 N–H and O–H groups in total. The number of phosphoric ester groups is 1. The molecule has 0 aliphatic heterocycles. The third kappa shape index (κ3) is 41.3. The highest BCUT2D eigenvalue weighted by Crippen LogP contribution is 2.36. The zero-order valence-corrected chi connectivity index (χ0v) is 34.6. The Morgan fingerprint density at radius 1 is 0.481 bits per heavy atom. The van der Waals surface area contributed by atoms with Gasteiger partial charge in [0.25, 0.3) is 0 Å². The molecule has 0 aromatic carbocycles. The van der Waals surface area contributed by atoms with Crippen LogP contribution < -0.4 is 0 Å². The average Bonchev–Trinajstić information content (AvgIpc) is 3.11. The van der Waals surface area contributed by atoms with Gasteiger partial charge in [-0.15, -0.1) is 0 Å². The van der Waals surface area contributed by atoms with Gasteiger partial charge in [-0.05, 0) is 64.2 Å². The van der Waals surface area contributed by atoms with E-state index in [0.717, 1.165) is 51.4 Å². The Morgan fingerprint density at radius 2 is 0.808 bits per heavy atom. The Labute approximate surface area is 319 Å². The van der Waals surface area contributed by atoms with Gasteiger partial charge in [-0.3, -0.25) is 14.1 Å². The molecule has 0 radical (unpaired) electrons. The summed E-state index contributed by atoms with van der Waals surface area (Å²) in [5, 5.41) is 0. The second kappa shape index (κ2) is 39.2. The molecule has 1 atom stereocenters. The van der Waals surface area contributed by atoms with Crippen molar-refractivity contribution in [2.45, 2.75) is 225 Å². The molecule has 0 saturated carbocycles. The molecular formula is C43H81O8P. The van der Waals surface area contributed by atoms with Gasteiger partial charge < -0.3 is 19.3 Å². The molecule has 9 heteroatoms. The number of allylic oxidation sites excluding steroid dienone is 4. The molecule has 0 aromatic rings. The molecule has 0 saturated heterocycles. The van der Waals surface area contributed by atoms with E-state index in [1.807, 2.05) is 0 Å². The van der Waals surface area contributed by atoms with Crippen LogP contribution in [0, 0.1) is 0 Å². The molecule has 306 valence electrons. The van der Waals surface area contributed by atoms with Crippen molar-refractivity contribution >= 4 is 19.8 Å². The van der Waals surface area contributed by atoms with Crippen LogP contribution in [0.5, 0.6) is 0 Å². The highest BCUT2D eigenvalue weighted by Gasteiger charge is 2.22.